The van der Waals surface area contributed by atoms with Gasteiger partial charge in [-0.2, -0.15) is 0 Å². The Morgan fingerprint density at radius 1 is 1.50 bits per heavy atom. The highest BCUT2D eigenvalue weighted by Gasteiger charge is 2.09. The topological polar surface area (TPSA) is 26.3 Å². The van der Waals surface area contributed by atoms with E-state index in [0.717, 1.165) is 25.0 Å². The van der Waals surface area contributed by atoms with Crippen LogP contribution in [0.3, 0.4) is 0 Å². The molecule has 0 radical (unpaired) electrons. The highest BCUT2D eigenvalue weighted by atomic mass is 127. The van der Waals surface area contributed by atoms with Crippen LogP contribution in [-0.4, -0.2) is 13.4 Å². The minimum atomic E-state index is 0.705. The van der Waals surface area contributed by atoms with Crippen LogP contribution in [0.5, 0.6) is 5.06 Å². The van der Waals surface area contributed by atoms with E-state index in [9.17, 15) is 4.79 Å². The minimum absolute atomic E-state index is 0.705. The van der Waals surface area contributed by atoms with Crippen LogP contribution in [0.25, 0.3) is 10.1 Å². The van der Waals surface area contributed by atoms with Crippen LogP contribution in [-0.2, 0) is 0 Å². The second kappa shape index (κ2) is 3.86. The number of hydrogen-bond acceptors (Lipinski definition) is 3. The Morgan fingerprint density at radius 3 is 2.93 bits per heavy atom. The smallest absolute Gasteiger partial charge is 0.188 e. The van der Waals surface area contributed by atoms with Crippen molar-refractivity contribution in [2.75, 3.05) is 7.11 Å². The van der Waals surface area contributed by atoms with Crippen LogP contribution < -0.4 is 4.74 Å². The van der Waals surface area contributed by atoms with Gasteiger partial charge in [-0.15, -0.1) is 0 Å². The number of thiophene rings is 1. The zero-order valence-corrected chi connectivity index (χ0v) is 10.4. The number of carbonyl (C=O) groups is 1. The van der Waals surface area contributed by atoms with Crippen LogP contribution in [0.1, 0.15) is 10.4 Å². The minimum Gasteiger partial charge on any atom is -0.486 e. The van der Waals surface area contributed by atoms with Gasteiger partial charge in [0, 0.05) is 15.6 Å². The van der Waals surface area contributed by atoms with Crippen LogP contribution in [0.15, 0.2) is 18.2 Å². The molecule has 0 aliphatic rings. The molecule has 0 bridgehead atoms. The summed E-state index contributed by atoms with van der Waals surface area (Å²) < 4.78 is 7.45. The third-order valence-electron chi connectivity index (χ3n) is 1.94. The number of aldehydes is 1. The number of halogens is 1. The summed E-state index contributed by atoms with van der Waals surface area (Å²) in [6.07, 6.45) is 0.861. The second-order valence-corrected chi connectivity index (χ2v) is 4.87. The molecule has 0 atom stereocenters. The Balaban J connectivity index is 2.73. The van der Waals surface area contributed by atoms with E-state index in [1.807, 2.05) is 18.2 Å². The fourth-order valence-electron chi connectivity index (χ4n) is 1.27. The number of benzene rings is 1. The summed E-state index contributed by atoms with van der Waals surface area (Å²) in [6.45, 7) is 0. The van der Waals surface area contributed by atoms with E-state index in [1.165, 1.54) is 0 Å². The third-order valence-corrected chi connectivity index (χ3v) is 4.51. The van der Waals surface area contributed by atoms with Crippen molar-refractivity contribution in [3.63, 3.8) is 0 Å². The summed E-state index contributed by atoms with van der Waals surface area (Å²) in [5.41, 5.74) is 0.705. The number of fused-ring (bicyclic) bond motifs is 1. The summed E-state index contributed by atoms with van der Waals surface area (Å²) in [7, 11) is 1.66. The average Bonchev–Trinajstić information content (AvgIpc) is 2.55. The van der Waals surface area contributed by atoms with Crippen molar-refractivity contribution in [1.29, 1.82) is 0 Å². The molecule has 14 heavy (non-hydrogen) atoms. The van der Waals surface area contributed by atoms with Crippen LogP contribution in [0, 0.1) is 3.57 Å². The maximum Gasteiger partial charge on any atom is 0.188 e. The first kappa shape index (κ1) is 9.92. The van der Waals surface area contributed by atoms with Gasteiger partial charge in [-0.05, 0) is 34.7 Å². The Morgan fingerprint density at radius 2 is 2.29 bits per heavy atom. The fraction of sp³-hybridized carbons (Fsp3) is 0.100. The molecule has 2 aromatic rings. The molecule has 0 N–H and O–H groups in total. The lowest BCUT2D eigenvalue weighted by atomic mass is 10.2. The zero-order valence-electron chi connectivity index (χ0n) is 7.41. The molecule has 72 valence electrons. The van der Waals surface area contributed by atoms with Gasteiger partial charge in [0.2, 0.25) is 0 Å². The van der Waals surface area contributed by atoms with Gasteiger partial charge in [0.25, 0.3) is 0 Å². The second-order valence-electron chi connectivity index (χ2n) is 2.78. The van der Waals surface area contributed by atoms with Crippen LogP contribution in [0.4, 0.5) is 0 Å². The van der Waals surface area contributed by atoms with E-state index in [1.54, 1.807) is 18.4 Å². The summed E-state index contributed by atoms with van der Waals surface area (Å²) in [4.78, 5) is 10.6. The normalized spacial score (nSPS) is 10.4. The van der Waals surface area contributed by atoms with Crippen LogP contribution in [0.2, 0.25) is 0 Å². The summed E-state index contributed by atoms with van der Waals surface area (Å²) >= 11 is 3.83. The van der Waals surface area contributed by atoms with E-state index in [-0.39, 0.29) is 0 Å². The summed E-state index contributed by atoms with van der Waals surface area (Å²) in [6, 6.07) is 5.67. The van der Waals surface area contributed by atoms with Crippen molar-refractivity contribution in [3.8, 4) is 5.06 Å². The van der Waals surface area contributed by atoms with E-state index >= 15 is 0 Å². The molecule has 2 rings (SSSR count). The van der Waals surface area contributed by atoms with Gasteiger partial charge in [0.15, 0.2) is 5.06 Å². The van der Waals surface area contributed by atoms with E-state index in [4.69, 9.17) is 4.74 Å². The molecular weight excluding hydrogens is 311 g/mol. The van der Waals surface area contributed by atoms with Gasteiger partial charge in [-0.1, -0.05) is 17.4 Å². The molecule has 1 aromatic heterocycles. The molecule has 0 amide bonds. The molecule has 0 unspecified atom stereocenters. The number of rotatable bonds is 2. The molecule has 0 saturated carbocycles. The van der Waals surface area contributed by atoms with Crippen molar-refractivity contribution in [2.24, 2.45) is 0 Å². The lowest BCUT2D eigenvalue weighted by Gasteiger charge is -1.93. The first-order valence-corrected chi connectivity index (χ1v) is 5.87. The molecule has 4 heteroatoms. The lowest BCUT2D eigenvalue weighted by Crippen LogP contribution is -1.80. The number of ether oxygens (including phenoxy) is 1. The fourth-order valence-corrected chi connectivity index (χ4v) is 3.34. The van der Waals surface area contributed by atoms with Crippen LogP contribution >= 0.6 is 33.9 Å². The molecule has 0 aliphatic carbocycles. The number of hydrogen-bond donors (Lipinski definition) is 0. The van der Waals surface area contributed by atoms with Gasteiger partial charge in [-0.25, -0.2) is 0 Å². The SMILES string of the molecule is COc1sc2ccc(C=O)cc2c1I. The van der Waals surface area contributed by atoms with Crippen molar-refractivity contribution < 1.29 is 9.53 Å². The summed E-state index contributed by atoms with van der Waals surface area (Å²) in [5, 5.41) is 2.00. The van der Waals surface area contributed by atoms with Crippen molar-refractivity contribution in [3.05, 3.63) is 27.3 Å². The third kappa shape index (κ3) is 1.52. The maximum absolute atomic E-state index is 10.6. The maximum atomic E-state index is 10.6. The Labute approximate surface area is 99.0 Å². The monoisotopic (exact) mass is 318 g/mol. The first-order valence-electron chi connectivity index (χ1n) is 3.97. The highest BCUT2D eigenvalue weighted by Crippen LogP contribution is 2.38. The van der Waals surface area contributed by atoms with E-state index in [0.29, 0.717) is 5.56 Å². The molecule has 0 saturated heterocycles. The van der Waals surface area contributed by atoms with Crippen molar-refractivity contribution in [2.45, 2.75) is 0 Å². The number of carbonyl (C=O) groups excluding carboxylic acids is 1. The molecule has 2 nitrogen and oxygen atoms in total. The summed E-state index contributed by atoms with van der Waals surface area (Å²) in [5.74, 6) is 0. The van der Waals surface area contributed by atoms with Gasteiger partial charge in [0.1, 0.15) is 6.29 Å². The zero-order chi connectivity index (χ0) is 10.1. The predicted molar refractivity (Wildman–Crippen MR) is 66.5 cm³/mol. The van der Waals surface area contributed by atoms with E-state index in [2.05, 4.69) is 22.6 Å². The van der Waals surface area contributed by atoms with Gasteiger partial charge in [-0.3, -0.25) is 4.79 Å². The van der Waals surface area contributed by atoms with Gasteiger partial charge in [0.05, 0.1) is 10.7 Å². The molecule has 0 spiro atoms. The molecule has 1 heterocycles. The molecule has 1 aromatic carbocycles. The van der Waals surface area contributed by atoms with Crippen molar-refractivity contribution >= 4 is 50.3 Å². The highest BCUT2D eigenvalue weighted by molar-refractivity contribution is 14.1. The van der Waals surface area contributed by atoms with E-state index < -0.39 is 0 Å². The Hall–Kier alpha value is -0.620. The quantitative estimate of drug-likeness (QED) is 0.627. The first-order chi connectivity index (χ1) is 6.76. The largest absolute Gasteiger partial charge is 0.486 e. The Kier molecular flexibility index (Phi) is 2.73. The van der Waals surface area contributed by atoms with Gasteiger partial charge < -0.3 is 4.74 Å². The number of methoxy groups -OCH3 is 1. The Bertz CT molecular complexity index is 490. The predicted octanol–water partition coefficient (Wildman–Crippen LogP) is 3.33. The average molecular weight is 318 g/mol. The molecular formula is C10H7IO2S. The van der Waals surface area contributed by atoms with Crippen molar-refractivity contribution in [1.82, 2.24) is 0 Å². The standard InChI is InChI=1S/C10H7IO2S/c1-13-10-9(11)7-4-6(5-12)2-3-8(7)14-10/h2-5H,1H3. The lowest BCUT2D eigenvalue weighted by molar-refractivity contribution is 0.112. The van der Waals surface area contributed by atoms with Gasteiger partial charge >= 0.3 is 0 Å². The molecule has 0 aliphatic heterocycles. The molecule has 0 fully saturated rings.